The molecule has 0 radical (unpaired) electrons. The summed E-state index contributed by atoms with van der Waals surface area (Å²) < 4.78 is 12.3. The smallest absolute Gasteiger partial charge is 0.251 e. The summed E-state index contributed by atoms with van der Waals surface area (Å²) in [5, 5.41) is 7.25. The lowest BCUT2D eigenvalue weighted by Gasteiger charge is -2.04. The number of rotatable bonds is 3. The lowest BCUT2D eigenvalue weighted by Crippen LogP contribution is -2.22. The molecule has 1 aliphatic rings. The number of benzene rings is 1. The molecule has 0 saturated carbocycles. The molecule has 0 aliphatic carbocycles. The highest BCUT2D eigenvalue weighted by Gasteiger charge is 2.16. The molecule has 0 saturated heterocycles. The molecule has 0 fully saturated rings. The van der Waals surface area contributed by atoms with Gasteiger partial charge in [0.15, 0.2) is 11.5 Å². The first kappa shape index (κ1) is 12.7. The SMILES string of the molecule is O=C(NCc1cc2ccccn2n1)c1ccc2c(c1)OCO2. The summed E-state index contributed by atoms with van der Waals surface area (Å²) in [6.07, 6.45) is 1.87. The average Bonchev–Trinajstić information content (AvgIpc) is 3.17. The van der Waals surface area contributed by atoms with E-state index in [1.807, 2.05) is 30.5 Å². The first-order chi connectivity index (χ1) is 10.8. The summed E-state index contributed by atoms with van der Waals surface area (Å²) in [6, 6.07) is 12.9. The largest absolute Gasteiger partial charge is 0.454 e. The first-order valence-corrected chi connectivity index (χ1v) is 6.91. The van der Waals surface area contributed by atoms with Crippen molar-refractivity contribution < 1.29 is 14.3 Å². The molecular formula is C16H13N3O3. The maximum absolute atomic E-state index is 12.2. The Kier molecular flexibility index (Phi) is 2.93. The van der Waals surface area contributed by atoms with Crippen LogP contribution in [0.1, 0.15) is 16.1 Å². The first-order valence-electron chi connectivity index (χ1n) is 6.91. The summed E-state index contributed by atoms with van der Waals surface area (Å²) in [4.78, 5) is 12.2. The van der Waals surface area contributed by atoms with Gasteiger partial charge in [-0.25, -0.2) is 4.52 Å². The van der Waals surface area contributed by atoms with Gasteiger partial charge in [-0.3, -0.25) is 4.79 Å². The Bertz CT molecular complexity index is 824. The fourth-order valence-corrected chi connectivity index (χ4v) is 2.39. The van der Waals surface area contributed by atoms with Gasteiger partial charge in [-0.2, -0.15) is 5.10 Å². The zero-order valence-electron chi connectivity index (χ0n) is 11.7. The minimum atomic E-state index is -0.171. The van der Waals surface area contributed by atoms with Crippen molar-refractivity contribution in [2.24, 2.45) is 0 Å². The second-order valence-electron chi connectivity index (χ2n) is 4.96. The number of nitrogens with one attached hydrogen (secondary N) is 1. The van der Waals surface area contributed by atoms with Gasteiger partial charge in [-0.15, -0.1) is 0 Å². The molecule has 0 atom stereocenters. The van der Waals surface area contributed by atoms with Crippen molar-refractivity contribution in [3.8, 4) is 11.5 Å². The standard InChI is InChI=1S/C16H13N3O3/c20-16(11-4-5-14-15(7-11)22-10-21-14)17-9-12-8-13-3-1-2-6-19(13)18-12/h1-8H,9-10H2,(H,17,20). The maximum Gasteiger partial charge on any atom is 0.251 e. The minimum absolute atomic E-state index is 0.171. The zero-order valence-corrected chi connectivity index (χ0v) is 11.7. The van der Waals surface area contributed by atoms with E-state index in [0.717, 1.165) is 11.2 Å². The quantitative estimate of drug-likeness (QED) is 0.802. The number of aromatic nitrogens is 2. The number of ether oxygens (including phenoxy) is 2. The van der Waals surface area contributed by atoms with Crippen LogP contribution in [0.15, 0.2) is 48.7 Å². The Labute approximate surface area is 126 Å². The third-order valence-corrected chi connectivity index (χ3v) is 3.49. The summed E-state index contributed by atoms with van der Waals surface area (Å²) in [5.74, 6) is 1.09. The molecule has 6 heteroatoms. The highest BCUT2D eigenvalue weighted by atomic mass is 16.7. The number of hydrogen-bond acceptors (Lipinski definition) is 4. The lowest BCUT2D eigenvalue weighted by molar-refractivity contribution is 0.0950. The van der Waals surface area contributed by atoms with Gasteiger partial charge in [-0.1, -0.05) is 6.07 Å². The summed E-state index contributed by atoms with van der Waals surface area (Å²) in [5.41, 5.74) is 2.34. The van der Waals surface area contributed by atoms with Crippen molar-refractivity contribution >= 4 is 11.4 Å². The highest BCUT2D eigenvalue weighted by Crippen LogP contribution is 2.32. The molecule has 22 heavy (non-hydrogen) atoms. The molecular weight excluding hydrogens is 282 g/mol. The molecule has 1 aliphatic heterocycles. The Balaban J connectivity index is 1.47. The number of hydrogen-bond donors (Lipinski definition) is 1. The number of pyridine rings is 1. The van der Waals surface area contributed by atoms with E-state index in [9.17, 15) is 4.79 Å². The van der Waals surface area contributed by atoms with Gasteiger partial charge in [0.25, 0.3) is 5.91 Å². The van der Waals surface area contributed by atoms with Crippen molar-refractivity contribution in [2.75, 3.05) is 6.79 Å². The van der Waals surface area contributed by atoms with Gasteiger partial charge in [0.1, 0.15) is 0 Å². The third-order valence-electron chi connectivity index (χ3n) is 3.49. The van der Waals surface area contributed by atoms with Crippen LogP contribution in [-0.2, 0) is 6.54 Å². The normalized spacial score (nSPS) is 12.5. The second-order valence-corrected chi connectivity index (χ2v) is 4.96. The van der Waals surface area contributed by atoms with E-state index in [1.54, 1.807) is 22.7 Å². The van der Waals surface area contributed by atoms with Crippen LogP contribution in [0.4, 0.5) is 0 Å². The van der Waals surface area contributed by atoms with E-state index in [-0.39, 0.29) is 12.7 Å². The molecule has 2 aromatic heterocycles. The van der Waals surface area contributed by atoms with Crippen LogP contribution in [0, 0.1) is 0 Å². The summed E-state index contributed by atoms with van der Waals surface area (Å²) in [7, 11) is 0. The van der Waals surface area contributed by atoms with E-state index < -0.39 is 0 Å². The van der Waals surface area contributed by atoms with E-state index in [0.29, 0.717) is 23.6 Å². The van der Waals surface area contributed by atoms with Crippen LogP contribution in [0.2, 0.25) is 0 Å². The van der Waals surface area contributed by atoms with Gasteiger partial charge in [0, 0.05) is 11.8 Å². The van der Waals surface area contributed by atoms with Gasteiger partial charge in [0.05, 0.1) is 17.8 Å². The summed E-state index contributed by atoms with van der Waals surface area (Å²) in [6.45, 7) is 0.566. The van der Waals surface area contributed by atoms with Gasteiger partial charge in [-0.05, 0) is 36.4 Å². The van der Waals surface area contributed by atoms with Crippen molar-refractivity contribution in [1.29, 1.82) is 0 Å². The maximum atomic E-state index is 12.2. The average molecular weight is 295 g/mol. The number of nitrogens with zero attached hydrogens (tertiary/aromatic N) is 2. The predicted molar refractivity (Wildman–Crippen MR) is 78.9 cm³/mol. The van der Waals surface area contributed by atoms with E-state index in [1.165, 1.54) is 0 Å². The Morgan fingerprint density at radius 3 is 3.00 bits per heavy atom. The van der Waals surface area contributed by atoms with Crippen LogP contribution in [0.3, 0.4) is 0 Å². The molecule has 6 nitrogen and oxygen atoms in total. The van der Waals surface area contributed by atoms with Crippen LogP contribution in [-0.4, -0.2) is 22.3 Å². The molecule has 3 heterocycles. The monoisotopic (exact) mass is 295 g/mol. The number of fused-ring (bicyclic) bond motifs is 2. The molecule has 0 unspecified atom stereocenters. The van der Waals surface area contributed by atoms with Gasteiger partial charge >= 0.3 is 0 Å². The van der Waals surface area contributed by atoms with Crippen LogP contribution in [0.25, 0.3) is 5.52 Å². The van der Waals surface area contributed by atoms with E-state index in [2.05, 4.69) is 10.4 Å². The van der Waals surface area contributed by atoms with Gasteiger partial charge in [0.2, 0.25) is 6.79 Å². The second kappa shape index (κ2) is 5.07. The predicted octanol–water partition coefficient (Wildman–Crippen LogP) is 1.99. The Hall–Kier alpha value is -3.02. The van der Waals surface area contributed by atoms with Crippen molar-refractivity contribution in [3.63, 3.8) is 0 Å². The molecule has 3 aromatic rings. The molecule has 1 amide bonds. The molecule has 0 bridgehead atoms. The highest BCUT2D eigenvalue weighted by molar-refractivity contribution is 5.94. The summed E-state index contributed by atoms with van der Waals surface area (Å²) >= 11 is 0. The van der Waals surface area contributed by atoms with Gasteiger partial charge < -0.3 is 14.8 Å². The number of carbonyl (C=O) groups excluding carboxylic acids is 1. The molecule has 1 aromatic carbocycles. The molecule has 0 spiro atoms. The Morgan fingerprint density at radius 2 is 2.09 bits per heavy atom. The minimum Gasteiger partial charge on any atom is -0.454 e. The van der Waals surface area contributed by atoms with E-state index >= 15 is 0 Å². The van der Waals surface area contributed by atoms with Crippen LogP contribution in [0.5, 0.6) is 11.5 Å². The molecule has 4 rings (SSSR count). The molecule has 1 N–H and O–H groups in total. The topological polar surface area (TPSA) is 64.9 Å². The van der Waals surface area contributed by atoms with Crippen LogP contribution >= 0.6 is 0 Å². The van der Waals surface area contributed by atoms with Crippen molar-refractivity contribution in [3.05, 3.63) is 59.9 Å². The fourth-order valence-electron chi connectivity index (χ4n) is 2.39. The lowest BCUT2D eigenvalue weighted by atomic mass is 10.2. The van der Waals surface area contributed by atoms with Crippen molar-refractivity contribution in [1.82, 2.24) is 14.9 Å². The van der Waals surface area contributed by atoms with Crippen LogP contribution < -0.4 is 14.8 Å². The van der Waals surface area contributed by atoms with E-state index in [4.69, 9.17) is 9.47 Å². The zero-order chi connectivity index (χ0) is 14.9. The van der Waals surface area contributed by atoms with Crippen molar-refractivity contribution in [2.45, 2.75) is 6.54 Å². The molecule has 110 valence electrons. The number of carbonyl (C=O) groups is 1. The number of amides is 1. The third kappa shape index (κ3) is 2.24. The Morgan fingerprint density at radius 1 is 1.18 bits per heavy atom. The fraction of sp³-hybridized carbons (Fsp3) is 0.125.